The maximum Gasteiger partial charge on any atom is 0.110 e. The molecule has 1 rings (SSSR count). The van der Waals surface area contributed by atoms with Crippen molar-refractivity contribution in [2.24, 2.45) is 5.92 Å². The van der Waals surface area contributed by atoms with Gasteiger partial charge in [-0.3, -0.25) is 0 Å². The van der Waals surface area contributed by atoms with E-state index in [1.807, 2.05) is 0 Å². The molecule has 0 bridgehead atoms. The molecule has 1 unspecified atom stereocenters. The predicted octanol–water partition coefficient (Wildman–Crippen LogP) is -1.52. The van der Waals surface area contributed by atoms with E-state index in [1.54, 1.807) is 0 Å². The monoisotopic (exact) mass is 152 g/mol. The summed E-state index contributed by atoms with van der Waals surface area (Å²) in [7, 11) is 5.41. The van der Waals surface area contributed by atoms with Crippen molar-refractivity contribution in [2.75, 3.05) is 6.61 Å². The fourth-order valence-corrected chi connectivity index (χ4v) is 1.14. The zero-order valence-corrected chi connectivity index (χ0v) is 5.97. The van der Waals surface area contributed by atoms with Crippen LogP contribution < -0.4 is 0 Å². The number of aliphatic hydroxyl groups excluding tert-OH is 2. The van der Waals surface area contributed by atoms with Gasteiger partial charge in [-0.2, -0.15) is 0 Å². The first kappa shape index (κ1) is 8.60. The molecule has 0 saturated carbocycles. The smallest absolute Gasteiger partial charge is 0.110 e. The van der Waals surface area contributed by atoms with Crippen LogP contribution in [0.15, 0.2) is 0 Å². The van der Waals surface area contributed by atoms with Crippen molar-refractivity contribution in [3.63, 3.8) is 0 Å². The minimum atomic E-state index is -0.847. The first-order chi connectivity index (χ1) is 5.20. The Labute approximate surface area is 66.8 Å². The Bertz CT molecular complexity index is 177. The molecule has 1 heterocycles. The molecule has 2 N–H and O–H groups in total. The lowest BCUT2D eigenvalue weighted by molar-refractivity contribution is -0.00457. The summed E-state index contributed by atoms with van der Waals surface area (Å²) < 4.78 is 4.96. The molecule has 2 radical (unpaired) electrons. The van der Waals surface area contributed by atoms with Gasteiger partial charge in [0.1, 0.15) is 14.0 Å². The minimum Gasteiger partial charge on any atom is -0.394 e. The van der Waals surface area contributed by atoms with Gasteiger partial charge in [-0.05, 0) is 0 Å². The number of aliphatic hydroxyl groups is 2. The zero-order valence-electron chi connectivity index (χ0n) is 5.97. The largest absolute Gasteiger partial charge is 0.394 e. The van der Waals surface area contributed by atoms with Crippen LogP contribution in [0.1, 0.15) is 0 Å². The Morgan fingerprint density at radius 2 is 2.27 bits per heavy atom. The van der Waals surface area contributed by atoms with Gasteiger partial charge in [0.25, 0.3) is 0 Å². The Morgan fingerprint density at radius 3 is 2.55 bits per heavy atom. The van der Waals surface area contributed by atoms with Crippen molar-refractivity contribution < 1.29 is 14.9 Å². The molecular weight excluding hydrogens is 143 g/mol. The maximum absolute atomic E-state index is 9.31. The lowest BCUT2D eigenvalue weighted by Crippen LogP contribution is -2.28. The lowest BCUT2D eigenvalue weighted by Gasteiger charge is -2.10. The maximum atomic E-state index is 9.31. The fourth-order valence-electron chi connectivity index (χ4n) is 1.14. The highest BCUT2D eigenvalue weighted by atomic mass is 16.5. The summed E-state index contributed by atoms with van der Waals surface area (Å²) in [5, 5.41) is 18.0. The van der Waals surface area contributed by atoms with Crippen LogP contribution in [-0.2, 0) is 4.74 Å². The van der Waals surface area contributed by atoms with E-state index in [9.17, 15) is 5.11 Å². The first-order valence-corrected chi connectivity index (χ1v) is 3.36. The number of ether oxygens (including phenoxy) is 1. The van der Waals surface area contributed by atoms with Crippen LogP contribution in [0.3, 0.4) is 0 Å². The van der Waals surface area contributed by atoms with Crippen molar-refractivity contribution in [1.29, 1.82) is 0 Å². The van der Waals surface area contributed by atoms with Gasteiger partial charge in [0.2, 0.25) is 0 Å². The fraction of sp³-hybridized carbons (Fsp3) is 0.714. The van der Waals surface area contributed by atoms with E-state index in [2.05, 4.69) is 5.92 Å². The second-order valence-corrected chi connectivity index (χ2v) is 2.50. The third-order valence-electron chi connectivity index (χ3n) is 1.81. The standard InChI is InChI=1S/C7H9BO3/c1-2-4-6(10)5(3-9)11-7(4)8/h1,4-7,9-10H,3H2/t4-,5+,6-,7?/m0/s1. The highest BCUT2D eigenvalue weighted by Crippen LogP contribution is 2.24. The van der Waals surface area contributed by atoms with Crippen molar-refractivity contribution in [2.45, 2.75) is 18.2 Å². The van der Waals surface area contributed by atoms with E-state index < -0.39 is 24.1 Å². The SMILES string of the molecule is [B]C1O[C@H](CO)[C@@H](O)[C@@H]1C#C. The Kier molecular flexibility index (Phi) is 2.55. The van der Waals surface area contributed by atoms with Crippen molar-refractivity contribution in [3.8, 4) is 12.3 Å². The van der Waals surface area contributed by atoms with E-state index in [-0.39, 0.29) is 6.61 Å². The zero-order chi connectivity index (χ0) is 8.43. The third-order valence-corrected chi connectivity index (χ3v) is 1.81. The van der Waals surface area contributed by atoms with Crippen LogP contribution in [0.5, 0.6) is 0 Å². The molecule has 0 aromatic rings. The molecule has 4 atom stereocenters. The molecule has 11 heavy (non-hydrogen) atoms. The number of hydrogen-bond donors (Lipinski definition) is 2. The number of rotatable bonds is 1. The summed E-state index contributed by atoms with van der Waals surface area (Å²) in [6.07, 6.45) is 3.60. The molecule has 0 amide bonds. The van der Waals surface area contributed by atoms with E-state index >= 15 is 0 Å². The third kappa shape index (κ3) is 1.41. The molecular formula is C7H9BO3. The van der Waals surface area contributed by atoms with E-state index in [0.29, 0.717) is 0 Å². The summed E-state index contributed by atoms with van der Waals surface area (Å²) in [6.45, 7) is -0.257. The van der Waals surface area contributed by atoms with E-state index in [0.717, 1.165) is 0 Å². The number of hydrogen-bond acceptors (Lipinski definition) is 3. The average Bonchev–Trinajstić information content (AvgIpc) is 2.26. The second-order valence-electron chi connectivity index (χ2n) is 2.50. The van der Waals surface area contributed by atoms with Gasteiger partial charge in [0.05, 0.1) is 18.6 Å². The summed E-state index contributed by atoms with van der Waals surface area (Å²) in [5.41, 5.74) is 0. The first-order valence-electron chi connectivity index (χ1n) is 3.36. The summed E-state index contributed by atoms with van der Waals surface area (Å²) in [4.78, 5) is 0. The Morgan fingerprint density at radius 1 is 1.64 bits per heavy atom. The van der Waals surface area contributed by atoms with Crippen LogP contribution in [0, 0.1) is 18.3 Å². The predicted molar refractivity (Wildman–Crippen MR) is 39.8 cm³/mol. The topological polar surface area (TPSA) is 49.7 Å². The molecule has 0 aromatic heterocycles. The summed E-state index contributed by atoms with van der Waals surface area (Å²) >= 11 is 0. The second kappa shape index (κ2) is 3.27. The molecule has 0 spiro atoms. The quantitative estimate of drug-likeness (QED) is 0.354. The van der Waals surface area contributed by atoms with Gasteiger partial charge in [-0.15, -0.1) is 6.42 Å². The number of terminal acetylenes is 1. The molecule has 4 heteroatoms. The molecule has 0 aromatic carbocycles. The molecule has 1 aliphatic heterocycles. The van der Waals surface area contributed by atoms with Gasteiger partial charge in [-0.25, -0.2) is 0 Å². The van der Waals surface area contributed by atoms with Crippen LogP contribution in [0.4, 0.5) is 0 Å². The molecule has 1 fully saturated rings. The van der Waals surface area contributed by atoms with Gasteiger partial charge >= 0.3 is 0 Å². The van der Waals surface area contributed by atoms with Crippen molar-refractivity contribution in [3.05, 3.63) is 0 Å². The molecule has 1 saturated heterocycles. The highest BCUT2D eigenvalue weighted by Gasteiger charge is 2.39. The van der Waals surface area contributed by atoms with Gasteiger partial charge < -0.3 is 14.9 Å². The van der Waals surface area contributed by atoms with Gasteiger partial charge in [-0.1, -0.05) is 5.92 Å². The van der Waals surface area contributed by atoms with Gasteiger partial charge in [0.15, 0.2) is 0 Å². The van der Waals surface area contributed by atoms with Crippen LogP contribution in [0.25, 0.3) is 0 Å². The van der Waals surface area contributed by atoms with E-state index in [1.165, 1.54) is 0 Å². The summed E-state index contributed by atoms with van der Waals surface area (Å²) in [5.74, 6) is 1.81. The van der Waals surface area contributed by atoms with Crippen molar-refractivity contribution in [1.82, 2.24) is 0 Å². The Hall–Kier alpha value is -0.495. The average molecular weight is 152 g/mol. The minimum absolute atomic E-state index is 0.257. The molecule has 0 aliphatic carbocycles. The van der Waals surface area contributed by atoms with E-state index in [4.69, 9.17) is 24.1 Å². The molecule has 3 nitrogen and oxygen atoms in total. The van der Waals surface area contributed by atoms with Crippen LogP contribution in [-0.4, -0.2) is 42.9 Å². The normalized spacial score (nSPS) is 43.7. The Balaban J connectivity index is 2.64. The van der Waals surface area contributed by atoms with Crippen LogP contribution >= 0.6 is 0 Å². The lowest BCUT2D eigenvalue weighted by atomic mass is 9.85. The molecule has 58 valence electrons. The summed E-state index contributed by atoms with van der Waals surface area (Å²) in [6, 6.07) is -0.660. The van der Waals surface area contributed by atoms with Crippen molar-refractivity contribution >= 4 is 7.85 Å². The van der Waals surface area contributed by atoms with Gasteiger partial charge in [0, 0.05) is 6.00 Å². The van der Waals surface area contributed by atoms with Crippen LogP contribution in [0.2, 0.25) is 0 Å². The highest BCUT2D eigenvalue weighted by molar-refractivity contribution is 6.11. The molecule has 1 aliphatic rings.